The quantitative estimate of drug-likeness (QED) is 0.292. The molecule has 0 atom stereocenters. The maximum absolute atomic E-state index is 5.01. The topological polar surface area (TPSA) is 21.5 Å². The van der Waals surface area contributed by atoms with E-state index in [1.165, 1.54) is 36.2 Å². The van der Waals surface area contributed by atoms with Gasteiger partial charge in [0.05, 0.1) is 18.8 Å². The number of rotatable bonds is 9. The third kappa shape index (κ3) is 4.02. The van der Waals surface area contributed by atoms with E-state index in [4.69, 9.17) is 9.78 Å². The standard InChI is InChI=1S/C18H26NO2/c1-4-20-21-14-10-6-5-9-13-19-16(3)15(2)17-11-7-8-12-18(17)19/h7-8,11-12H,2,4-6,9-10,13-14H2,1,3H3/q+1. The molecule has 1 aliphatic heterocycles. The van der Waals surface area contributed by atoms with Crippen LogP contribution in [0.25, 0.3) is 5.57 Å². The van der Waals surface area contributed by atoms with Crippen molar-refractivity contribution in [3.8, 4) is 0 Å². The van der Waals surface area contributed by atoms with E-state index in [1.54, 1.807) is 0 Å². The van der Waals surface area contributed by atoms with Crippen LogP contribution in [0.1, 0.15) is 45.1 Å². The van der Waals surface area contributed by atoms with Gasteiger partial charge in [0.15, 0.2) is 5.71 Å². The van der Waals surface area contributed by atoms with Gasteiger partial charge in [-0.2, -0.15) is 4.58 Å². The predicted molar refractivity (Wildman–Crippen MR) is 87.0 cm³/mol. The fourth-order valence-electron chi connectivity index (χ4n) is 2.72. The number of fused-ring (bicyclic) bond motifs is 1. The van der Waals surface area contributed by atoms with Crippen LogP contribution >= 0.6 is 0 Å². The maximum atomic E-state index is 5.01. The molecule has 0 N–H and O–H groups in total. The largest absolute Gasteiger partial charge is 0.237 e. The summed E-state index contributed by atoms with van der Waals surface area (Å²) in [4.78, 5) is 9.88. The lowest BCUT2D eigenvalue weighted by molar-refractivity contribution is -0.438. The van der Waals surface area contributed by atoms with Gasteiger partial charge < -0.3 is 0 Å². The molecule has 3 nitrogen and oxygen atoms in total. The summed E-state index contributed by atoms with van der Waals surface area (Å²) in [6.07, 6.45) is 4.65. The number of hydrogen-bond acceptors (Lipinski definition) is 2. The zero-order valence-electron chi connectivity index (χ0n) is 13.2. The molecule has 0 amide bonds. The first-order valence-electron chi connectivity index (χ1n) is 7.90. The van der Waals surface area contributed by atoms with Gasteiger partial charge in [-0.15, -0.1) is 0 Å². The van der Waals surface area contributed by atoms with Crippen molar-refractivity contribution in [3.63, 3.8) is 0 Å². The van der Waals surface area contributed by atoms with E-state index in [-0.39, 0.29) is 0 Å². The van der Waals surface area contributed by atoms with Crippen molar-refractivity contribution in [2.45, 2.75) is 39.5 Å². The van der Waals surface area contributed by atoms with Gasteiger partial charge in [-0.1, -0.05) is 25.1 Å². The fraction of sp³-hybridized carbons (Fsp3) is 0.500. The van der Waals surface area contributed by atoms with E-state index in [0.717, 1.165) is 18.5 Å². The van der Waals surface area contributed by atoms with Crippen LogP contribution in [0.2, 0.25) is 0 Å². The average molecular weight is 288 g/mol. The molecule has 114 valence electrons. The van der Waals surface area contributed by atoms with Crippen molar-refractivity contribution in [2.75, 3.05) is 19.8 Å². The molecule has 1 aromatic carbocycles. The van der Waals surface area contributed by atoms with E-state index in [9.17, 15) is 0 Å². The molecule has 1 heterocycles. The van der Waals surface area contributed by atoms with Crippen molar-refractivity contribution in [1.82, 2.24) is 0 Å². The molecule has 0 saturated carbocycles. The molecule has 0 fully saturated rings. The molecule has 0 spiro atoms. The lowest BCUT2D eigenvalue weighted by Crippen LogP contribution is -2.11. The Labute approximate surface area is 127 Å². The molecular weight excluding hydrogens is 262 g/mol. The molecule has 0 unspecified atom stereocenters. The van der Waals surface area contributed by atoms with Crippen molar-refractivity contribution < 1.29 is 14.4 Å². The second-order valence-corrected chi connectivity index (χ2v) is 5.38. The van der Waals surface area contributed by atoms with Gasteiger partial charge in [0.25, 0.3) is 0 Å². The van der Waals surface area contributed by atoms with Gasteiger partial charge >= 0.3 is 0 Å². The van der Waals surface area contributed by atoms with Crippen LogP contribution in [0.5, 0.6) is 0 Å². The Bertz CT molecular complexity index is 520. The lowest BCUT2D eigenvalue weighted by Gasteiger charge is -2.03. The molecule has 3 heteroatoms. The van der Waals surface area contributed by atoms with E-state index >= 15 is 0 Å². The Hall–Kier alpha value is -1.45. The summed E-state index contributed by atoms with van der Waals surface area (Å²) in [6, 6.07) is 8.53. The number of benzene rings is 1. The first kappa shape index (κ1) is 15.9. The predicted octanol–water partition coefficient (Wildman–Crippen LogP) is 4.35. The summed E-state index contributed by atoms with van der Waals surface area (Å²) >= 11 is 0. The molecule has 0 bridgehead atoms. The molecule has 0 radical (unpaired) electrons. The van der Waals surface area contributed by atoms with Crippen LogP contribution in [0, 0.1) is 0 Å². The van der Waals surface area contributed by atoms with Crippen LogP contribution in [0.15, 0.2) is 30.8 Å². The molecular formula is C18H26NO2+. The number of allylic oxidation sites excluding steroid dienone is 1. The van der Waals surface area contributed by atoms with Crippen LogP contribution in [-0.4, -0.2) is 30.0 Å². The van der Waals surface area contributed by atoms with E-state index in [1.807, 2.05) is 6.92 Å². The summed E-state index contributed by atoms with van der Waals surface area (Å²) in [5, 5.41) is 0. The summed E-state index contributed by atoms with van der Waals surface area (Å²) in [5.74, 6) is 0. The fourth-order valence-corrected chi connectivity index (χ4v) is 2.72. The Morgan fingerprint density at radius 1 is 1.05 bits per heavy atom. The third-order valence-electron chi connectivity index (χ3n) is 3.92. The summed E-state index contributed by atoms with van der Waals surface area (Å²) in [7, 11) is 0. The molecule has 1 aliphatic rings. The Kier molecular flexibility index (Phi) is 6.15. The number of unbranched alkanes of at least 4 members (excludes halogenated alkanes) is 3. The summed E-state index contributed by atoms with van der Waals surface area (Å²) < 4.78 is 2.40. The lowest BCUT2D eigenvalue weighted by atomic mass is 10.1. The smallest absolute Gasteiger partial charge is 0.213 e. The molecule has 1 aromatic rings. The van der Waals surface area contributed by atoms with Gasteiger partial charge in [-0.25, -0.2) is 9.78 Å². The Morgan fingerprint density at radius 2 is 1.81 bits per heavy atom. The highest BCUT2D eigenvalue weighted by Crippen LogP contribution is 2.33. The second-order valence-electron chi connectivity index (χ2n) is 5.38. The summed E-state index contributed by atoms with van der Waals surface area (Å²) in [6.45, 7) is 10.7. The highest BCUT2D eigenvalue weighted by molar-refractivity contribution is 6.23. The molecule has 21 heavy (non-hydrogen) atoms. The molecule has 0 saturated heterocycles. The van der Waals surface area contributed by atoms with Crippen LogP contribution in [-0.2, 0) is 9.78 Å². The van der Waals surface area contributed by atoms with Crippen molar-refractivity contribution >= 4 is 17.0 Å². The van der Waals surface area contributed by atoms with Crippen molar-refractivity contribution in [3.05, 3.63) is 36.4 Å². The minimum absolute atomic E-state index is 0.618. The number of nitrogens with zero attached hydrogens (tertiary/aromatic N) is 1. The minimum Gasteiger partial charge on any atom is -0.237 e. The normalized spacial score (nSPS) is 13.9. The Balaban J connectivity index is 1.75. The zero-order valence-corrected chi connectivity index (χ0v) is 13.2. The number of para-hydroxylation sites is 1. The van der Waals surface area contributed by atoms with Crippen LogP contribution in [0.3, 0.4) is 0 Å². The van der Waals surface area contributed by atoms with Crippen molar-refractivity contribution in [2.24, 2.45) is 0 Å². The first-order chi connectivity index (χ1) is 10.3. The van der Waals surface area contributed by atoms with Crippen molar-refractivity contribution in [1.29, 1.82) is 0 Å². The van der Waals surface area contributed by atoms with Gasteiger partial charge in [-0.05, 0) is 25.8 Å². The first-order valence-corrected chi connectivity index (χ1v) is 7.90. The van der Waals surface area contributed by atoms with Gasteiger partial charge in [-0.3, -0.25) is 0 Å². The highest BCUT2D eigenvalue weighted by Gasteiger charge is 2.29. The van der Waals surface area contributed by atoms with Crippen LogP contribution < -0.4 is 0 Å². The average Bonchev–Trinajstić information content (AvgIpc) is 2.75. The molecule has 0 aromatic heterocycles. The van der Waals surface area contributed by atoms with E-state index in [0.29, 0.717) is 13.2 Å². The van der Waals surface area contributed by atoms with E-state index < -0.39 is 0 Å². The van der Waals surface area contributed by atoms with Gasteiger partial charge in [0.2, 0.25) is 5.69 Å². The highest BCUT2D eigenvalue weighted by atomic mass is 17.2. The molecule has 0 aliphatic carbocycles. The van der Waals surface area contributed by atoms with E-state index in [2.05, 4.69) is 42.3 Å². The Morgan fingerprint density at radius 3 is 2.62 bits per heavy atom. The minimum atomic E-state index is 0.618. The second kappa shape index (κ2) is 8.11. The summed E-state index contributed by atoms with van der Waals surface area (Å²) in [5.41, 5.74) is 5.03. The zero-order chi connectivity index (χ0) is 15.1. The third-order valence-corrected chi connectivity index (χ3v) is 3.92. The maximum Gasteiger partial charge on any atom is 0.213 e. The van der Waals surface area contributed by atoms with Crippen LogP contribution in [0.4, 0.5) is 5.69 Å². The van der Waals surface area contributed by atoms with Gasteiger partial charge in [0.1, 0.15) is 6.54 Å². The molecule has 2 rings (SSSR count). The number of hydrogen-bond donors (Lipinski definition) is 0. The monoisotopic (exact) mass is 288 g/mol. The van der Waals surface area contributed by atoms with Gasteiger partial charge in [0, 0.05) is 25.0 Å². The SMILES string of the molecule is C=C1C(C)=[N+](CCCCCCOOCC)c2ccccc21.